The highest BCUT2D eigenvalue weighted by atomic mass is 32.1. The molecule has 0 saturated heterocycles. The third-order valence-electron chi connectivity index (χ3n) is 13.3. The van der Waals surface area contributed by atoms with E-state index in [4.69, 9.17) is 0 Å². The van der Waals surface area contributed by atoms with Crippen LogP contribution in [0.4, 0.5) is 28.4 Å². The van der Waals surface area contributed by atoms with Crippen LogP contribution in [0.2, 0.25) is 0 Å². The summed E-state index contributed by atoms with van der Waals surface area (Å²) in [7, 11) is 2.49. The Morgan fingerprint density at radius 1 is 0.500 bits per heavy atom. The maximum Gasteiger partial charge on any atom is 0.197 e. The van der Waals surface area contributed by atoms with Crippen molar-refractivity contribution in [2.24, 2.45) is 0 Å². The minimum absolute atomic E-state index is 0.153. The second kappa shape index (κ2) is 12.1. The van der Waals surface area contributed by atoms with Crippen LogP contribution in [-0.2, 0) is 10.8 Å². The molecule has 4 heteroatoms. The van der Waals surface area contributed by atoms with Crippen LogP contribution >= 0.6 is 11.3 Å². The minimum Gasteiger partial charge on any atom is -0.354 e. The molecule has 9 aromatic rings. The molecule has 1 aromatic heterocycles. The largest absolute Gasteiger partial charge is 0.354 e. The molecule has 0 bridgehead atoms. The first kappa shape index (κ1) is 33.8. The van der Waals surface area contributed by atoms with Crippen molar-refractivity contribution in [3.63, 3.8) is 0 Å². The number of fused-ring (bicyclic) bond motifs is 11. The summed E-state index contributed by atoms with van der Waals surface area (Å²) in [5, 5.41) is 6.66. The molecule has 3 aliphatic rings. The predicted molar refractivity (Wildman–Crippen MR) is 249 cm³/mol. The second-order valence-corrected chi connectivity index (χ2v) is 18.2. The molecule has 58 heavy (non-hydrogen) atoms. The third-order valence-corrected chi connectivity index (χ3v) is 14.5. The summed E-state index contributed by atoms with van der Waals surface area (Å²) in [6.07, 6.45) is 0. The molecule has 3 heterocycles. The highest BCUT2D eigenvalue weighted by molar-refractivity contribution is 7.26. The van der Waals surface area contributed by atoms with Crippen molar-refractivity contribution in [3.8, 4) is 33.4 Å². The van der Waals surface area contributed by atoms with Gasteiger partial charge in [0.15, 0.2) is 7.28 Å². The number of nitrogens with one attached hydrogen (secondary N) is 1. The molecule has 0 atom stereocenters. The molecule has 1 N–H and O–H groups in total. The fourth-order valence-electron chi connectivity index (χ4n) is 10.4. The average molecular weight is 760 g/mol. The van der Waals surface area contributed by atoms with E-state index in [1.54, 1.807) is 0 Å². The Morgan fingerprint density at radius 2 is 1.21 bits per heavy atom. The van der Waals surface area contributed by atoms with E-state index in [2.05, 4.69) is 209 Å². The van der Waals surface area contributed by atoms with Gasteiger partial charge in [-0.1, -0.05) is 167 Å². The zero-order chi connectivity index (χ0) is 38.9. The predicted octanol–water partition coefficient (Wildman–Crippen LogP) is 13.5. The SMILES string of the molecule is CC1(C)c2ccccc2-c2c1cc(-c1ccc(-c3ccccc3)cc1Nc1cccc3c1sc1ccccc13)c1c2N2c3ccccc3C(C)(C)c3cccc(c32)[B]1. The number of hydrogen-bond donors (Lipinski definition) is 1. The van der Waals surface area contributed by atoms with Crippen molar-refractivity contribution >= 4 is 78.2 Å². The van der Waals surface area contributed by atoms with Crippen molar-refractivity contribution < 1.29 is 0 Å². The zero-order valence-corrected chi connectivity index (χ0v) is 33.8. The van der Waals surface area contributed by atoms with Crippen molar-refractivity contribution in [3.05, 3.63) is 186 Å². The van der Waals surface area contributed by atoms with Gasteiger partial charge < -0.3 is 10.2 Å². The Morgan fingerprint density at radius 3 is 2.09 bits per heavy atom. The number of para-hydroxylation sites is 2. The first-order chi connectivity index (χ1) is 28.3. The topological polar surface area (TPSA) is 15.3 Å². The summed E-state index contributed by atoms with van der Waals surface area (Å²) < 4.78 is 2.57. The van der Waals surface area contributed by atoms with E-state index < -0.39 is 0 Å². The van der Waals surface area contributed by atoms with E-state index in [0.29, 0.717) is 0 Å². The standard InChI is InChI=1S/C54H40BN2S/c1-53(2)39-21-10-8-19-37(39)48-42(53)31-38(49-51(48)57-46-26-12-11-22-40(46)54(3,4)41-23-15-24-43(55-49)50(41)57)34-29-28-33(32-16-6-5-7-17-32)30-45(34)56-44-25-14-20-36-35-18-9-13-27-47(35)58-52(36)44/h5-31,56H,1-4H3. The second-order valence-electron chi connectivity index (χ2n) is 17.2. The van der Waals surface area contributed by atoms with Crippen LogP contribution in [0.3, 0.4) is 0 Å². The van der Waals surface area contributed by atoms with Gasteiger partial charge in [0.25, 0.3) is 0 Å². The fraction of sp³-hybridized carbons (Fsp3) is 0.111. The van der Waals surface area contributed by atoms with E-state index in [9.17, 15) is 0 Å². The third kappa shape index (κ3) is 4.61. The molecule has 8 aromatic carbocycles. The lowest BCUT2D eigenvalue weighted by atomic mass is 9.55. The molecule has 0 fully saturated rings. The first-order valence-corrected chi connectivity index (χ1v) is 21.2. The van der Waals surface area contributed by atoms with E-state index >= 15 is 0 Å². The summed E-state index contributed by atoms with van der Waals surface area (Å²) in [5.74, 6) is 0. The van der Waals surface area contributed by atoms with Crippen molar-refractivity contribution in [1.82, 2.24) is 0 Å². The molecular weight excluding hydrogens is 719 g/mol. The molecule has 2 aliphatic heterocycles. The summed E-state index contributed by atoms with van der Waals surface area (Å²) in [5.41, 5.74) is 21.1. The van der Waals surface area contributed by atoms with E-state index in [1.807, 2.05) is 11.3 Å². The molecule has 0 spiro atoms. The van der Waals surface area contributed by atoms with Gasteiger partial charge in [-0.25, -0.2) is 0 Å². The number of hydrogen-bond acceptors (Lipinski definition) is 3. The van der Waals surface area contributed by atoms with Gasteiger partial charge in [-0.3, -0.25) is 0 Å². The lowest BCUT2D eigenvalue weighted by molar-refractivity contribution is 0.632. The molecule has 1 aliphatic carbocycles. The quantitative estimate of drug-likeness (QED) is 0.180. The van der Waals surface area contributed by atoms with Gasteiger partial charge in [-0.15, -0.1) is 11.3 Å². The average Bonchev–Trinajstić information content (AvgIpc) is 3.75. The first-order valence-electron chi connectivity index (χ1n) is 20.4. The molecule has 0 amide bonds. The Labute approximate surface area is 344 Å². The fourth-order valence-corrected chi connectivity index (χ4v) is 11.6. The molecule has 12 rings (SSSR count). The van der Waals surface area contributed by atoms with Gasteiger partial charge in [0.2, 0.25) is 0 Å². The maximum absolute atomic E-state index is 4.07. The lowest BCUT2D eigenvalue weighted by Gasteiger charge is -2.47. The number of thiophene rings is 1. The van der Waals surface area contributed by atoms with Crippen LogP contribution < -0.4 is 21.1 Å². The summed E-state index contributed by atoms with van der Waals surface area (Å²) in [6, 6.07) is 60.9. The Balaban J connectivity index is 1.17. The Hall–Kier alpha value is -6.36. The maximum atomic E-state index is 4.07. The molecule has 0 unspecified atom stereocenters. The van der Waals surface area contributed by atoms with E-state index in [1.165, 1.54) is 104 Å². The van der Waals surface area contributed by atoms with Crippen LogP contribution in [0.5, 0.6) is 0 Å². The van der Waals surface area contributed by atoms with Crippen molar-refractivity contribution in [1.29, 1.82) is 0 Å². The van der Waals surface area contributed by atoms with Crippen LogP contribution in [-0.4, -0.2) is 7.28 Å². The number of benzene rings is 8. The van der Waals surface area contributed by atoms with Gasteiger partial charge in [0.1, 0.15) is 0 Å². The minimum atomic E-state index is -0.204. The van der Waals surface area contributed by atoms with Crippen LogP contribution in [0.1, 0.15) is 49.9 Å². The van der Waals surface area contributed by atoms with Gasteiger partial charge >= 0.3 is 0 Å². The monoisotopic (exact) mass is 759 g/mol. The van der Waals surface area contributed by atoms with E-state index in [-0.39, 0.29) is 10.8 Å². The molecule has 2 nitrogen and oxygen atoms in total. The van der Waals surface area contributed by atoms with Crippen molar-refractivity contribution in [2.45, 2.75) is 38.5 Å². The number of rotatable bonds is 4. The number of nitrogens with zero attached hydrogens (tertiary/aromatic N) is 1. The van der Waals surface area contributed by atoms with Crippen LogP contribution in [0.15, 0.2) is 164 Å². The molecular formula is C54H40BN2S. The molecule has 0 saturated carbocycles. The highest BCUT2D eigenvalue weighted by Gasteiger charge is 2.46. The number of anilines is 5. The summed E-state index contributed by atoms with van der Waals surface area (Å²) in [4.78, 5) is 2.63. The van der Waals surface area contributed by atoms with Gasteiger partial charge in [-0.05, 0) is 80.3 Å². The van der Waals surface area contributed by atoms with Gasteiger partial charge in [-0.2, -0.15) is 0 Å². The molecule has 1 radical (unpaired) electrons. The van der Waals surface area contributed by atoms with Crippen LogP contribution in [0.25, 0.3) is 53.6 Å². The van der Waals surface area contributed by atoms with Crippen molar-refractivity contribution in [2.75, 3.05) is 10.2 Å². The highest BCUT2D eigenvalue weighted by Crippen LogP contribution is 2.59. The normalized spacial score (nSPS) is 14.9. The van der Waals surface area contributed by atoms with E-state index in [0.717, 1.165) is 11.4 Å². The van der Waals surface area contributed by atoms with Gasteiger partial charge in [0.05, 0.1) is 16.1 Å². The lowest BCUT2D eigenvalue weighted by Crippen LogP contribution is -2.46. The summed E-state index contributed by atoms with van der Waals surface area (Å²) >= 11 is 1.86. The molecule has 275 valence electrons. The summed E-state index contributed by atoms with van der Waals surface area (Å²) in [6.45, 7) is 9.59. The zero-order valence-electron chi connectivity index (χ0n) is 33.0. The van der Waals surface area contributed by atoms with Gasteiger partial charge in [0, 0.05) is 54.5 Å². The Kier molecular flexibility index (Phi) is 7.03. The Bertz CT molecular complexity index is 3190. The van der Waals surface area contributed by atoms with Crippen LogP contribution in [0, 0.1) is 0 Å². The smallest absolute Gasteiger partial charge is 0.197 e.